The van der Waals surface area contributed by atoms with E-state index in [-0.39, 0.29) is 0 Å². The van der Waals surface area contributed by atoms with E-state index >= 15 is 0 Å². The summed E-state index contributed by atoms with van der Waals surface area (Å²) in [7, 11) is 0. The molecule has 0 bridgehead atoms. The molecule has 2 aromatic rings. The zero-order chi connectivity index (χ0) is 11.3. The summed E-state index contributed by atoms with van der Waals surface area (Å²) in [5, 5.41) is 10.0. The first kappa shape index (κ1) is 9.85. The smallest absolute Gasteiger partial charge is 0.109 e. The molecule has 3 nitrogen and oxygen atoms in total. The van der Waals surface area contributed by atoms with Gasteiger partial charge < -0.3 is 9.67 Å². The van der Waals surface area contributed by atoms with Crippen LogP contribution in [0.1, 0.15) is 31.7 Å². The van der Waals surface area contributed by atoms with E-state index in [4.69, 9.17) is 0 Å². The van der Waals surface area contributed by atoms with Gasteiger partial charge in [0.05, 0.1) is 16.6 Å². The molecule has 1 N–H and O–H groups in total. The van der Waals surface area contributed by atoms with E-state index < -0.39 is 5.60 Å². The Balaban J connectivity index is 2.24. The van der Waals surface area contributed by atoms with E-state index in [9.17, 15) is 5.11 Å². The van der Waals surface area contributed by atoms with E-state index in [1.807, 2.05) is 26.0 Å². The highest BCUT2D eigenvalue weighted by Crippen LogP contribution is 2.27. The maximum absolute atomic E-state index is 10.0. The largest absolute Gasteiger partial charge is 0.386 e. The van der Waals surface area contributed by atoms with Gasteiger partial charge in [-0.15, -0.1) is 0 Å². The molecule has 1 aliphatic rings. The van der Waals surface area contributed by atoms with Crippen molar-refractivity contribution in [2.24, 2.45) is 0 Å². The number of aryl methyl sites for hydroxylation is 2. The Hall–Kier alpha value is -1.35. The zero-order valence-corrected chi connectivity index (χ0v) is 9.70. The van der Waals surface area contributed by atoms with Crippen molar-refractivity contribution in [2.75, 3.05) is 0 Å². The van der Waals surface area contributed by atoms with Crippen LogP contribution in [0.5, 0.6) is 0 Å². The molecule has 0 saturated heterocycles. The maximum atomic E-state index is 10.0. The summed E-state index contributed by atoms with van der Waals surface area (Å²) in [5.74, 6) is 1.18. The first-order chi connectivity index (χ1) is 7.55. The van der Waals surface area contributed by atoms with Crippen molar-refractivity contribution in [1.29, 1.82) is 0 Å². The van der Waals surface area contributed by atoms with Gasteiger partial charge in [-0.25, -0.2) is 4.98 Å². The number of aromatic nitrogens is 2. The third-order valence-corrected chi connectivity index (χ3v) is 3.32. The fraction of sp³-hybridized carbons (Fsp3) is 0.462. The minimum atomic E-state index is -0.780. The predicted molar refractivity (Wildman–Crippen MR) is 63.3 cm³/mol. The summed E-state index contributed by atoms with van der Waals surface area (Å²) in [4.78, 5) is 4.60. The van der Waals surface area contributed by atoms with Crippen LogP contribution in [0.3, 0.4) is 0 Å². The predicted octanol–water partition coefficient (Wildman–Crippen LogP) is 2.21. The molecule has 0 saturated carbocycles. The lowest BCUT2D eigenvalue weighted by atomic mass is 9.98. The summed E-state index contributed by atoms with van der Waals surface area (Å²) in [6, 6.07) is 6.04. The van der Waals surface area contributed by atoms with Crippen LogP contribution in [0.2, 0.25) is 0 Å². The molecule has 2 heterocycles. The highest BCUT2D eigenvalue weighted by Gasteiger charge is 2.20. The van der Waals surface area contributed by atoms with Gasteiger partial charge in [-0.3, -0.25) is 0 Å². The summed E-state index contributed by atoms with van der Waals surface area (Å²) < 4.78 is 2.27. The molecule has 0 radical (unpaired) electrons. The first-order valence-electron chi connectivity index (χ1n) is 5.78. The molecular formula is C13H16N2O. The molecule has 1 aromatic carbocycles. The summed E-state index contributed by atoms with van der Waals surface area (Å²) in [5.41, 5.74) is 2.38. The maximum Gasteiger partial charge on any atom is 0.109 e. The monoisotopic (exact) mass is 216 g/mol. The Kier molecular flexibility index (Phi) is 1.89. The van der Waals surface area contributed by atoms with Gasteiger partial charge in [-0.1, -0.05) is 6.07 Å². The average molecular weight is 216 g/mol. The molecule has 3 rings (SSSR count). The third-order valence-electron chi connectivity index (χ3n) is 3.32. The molecule has 0 amide bonds. The lowest BCUT2D eigenvalue weighted by Gasteiger charge is -2.17. The molecule has 16 heavy (non-hydrogen) atoms. The van der Waals surface area contributed by atoms with Crippen LogP contribution in [0.25, 0.3) is 11.0 Å². The summed E-state index contributed by atoms with van der Waals surface area (Å²) >= 11 is 0. The second-order valence-corrected chi connectivity index (χ2v) is 5.05. The van der Waals surface area contributed by atoms with Crippen molar-refractivity contribution in [3.05, 3.63) is 29.6 Å². The molecule has 1 aliphatic heterocycles. The molecule has 0 aliphatic carbocycles. The molecule has 0 fully saturated rings. The number of hydrogen-bond acceptors (Lipinski definition) is 2. The van der Waals surface area contributed by atoms with Crippen molar-refractivity contribution in [3.8, 4) is 0 Å². The number of benzene rings is 1. The van der Waals surface area contributed by atoms with Gasteiger partial charge in [-0.2, -0.15) is 0 Å². The highest BCUT2D eigenvalue weighted by atomic mass is 16.3. The van der Waals surface area contributed by atoms with E-state index in [2.05, 4.69) is 15.6 Å². The summed E-state index contributed by atoms with van der Waals surface area (Å²) in [6.45, 7) is 4.69. The molecule has 3 heteroatoms. The van der Waals surface area contributed by atoms with Crippen LogP contribution in [0.15, 0.2) is 18.2 Å². The van der Waals surface area contributed by atoms with Crippen LogP contribution in [-0.2, 0) is 18.6 Å². The number of aliphatic hydroxyl groups is 1. The molecule has 84 valence electrons. The van der Waals surface area contributed by atoms with Gasteiger partial charge in [-0.05, 0) is 38.0 Å². The molecule has 0 unspecified atom stereocenters. The minimum Gasteiger partial charge on any atom is -0.386 e. The second kappa shape index (κ2) is 3.08. The number of hydrogen-bond donors (Lipinski definition) is 1. The number of fused-ring (bicyclic) bond motifs is 3. The lowest BCUT2D eigenvalue weighted by molar-refractivity contribution is 0.0787. The topological polar surface area (TPSA) is 38.1 Å². The first-order valence-corrected chi connectivity index (χ1v) is 5.78. The van der Waals surface area contributed by atoms with E-state index in [0.29, 0.717) is 0 Å². The van der Waals surface area contributed by atoms with Gasteiger partial charge >= 0.3 is 0 Å². The fourth-order valence-electron chi connectivity index (χ4n) is 2.39. The number of rotatable bonds is 1. The third kappa shape index (κ3) is 1.35. The molecule has 0 spiro atoms. The van der Waals surface area contributed by atoms with Crippen LogP contribution >= 0.6 is 0 Å². The normalized spacial score (nSPS) is 15.7. The highest BCUT2D eigenvalue weighted by molar-refractivity contribution is 5.77. The molecule has 0 atom stereocenters. The Morgan fingerprint density at radius 1 is 1.38 bits per heavy atom. The van der Waals surface area contributed by atoms with Gasteiger partial charge in [0.15, 0.2) is 0 Å². The zero-order valence-electron chi connectivity index (χ0n) is 9.70. The minimum absolute atomic E-state index is 0.780. The van der Waals surface area contributed by atoms with Gasteiger partial charge in [0.25, 0.3) is 0 Å². The Morgan fingerprint density at radius 3 is 2.94 bits per heavy atom. The van der Waals surface area contributed by atoms with Crippen molar-refractivity contribution >= 4 is 11.0 Å². The van der Waals surface area contributed by atoms with Crippen molar-refractivity contribution < 1.29 is 5.11 Å². The van der Waals surface area contributed by atoms with Crippen LogP contribution in [0, 0.1) is 0 Å². The van der Waals surface area contributed by atoms with Gasteiger partial charge in [0.1, 0.15) is 5.82 Å². The van der Waals surface area contributed by atoms with Gasteiger partial charge in [0, 0.05) is 13.0 Å². The number of imidazole rings is 1. The van der Waals surface area contributed by atoms with Crippen molar-refractivity contribution in [2.45, 2.75) is 38.8 Å². The Labute approximate surface area is 94.7 Å². The van der Waals surface area contributed by atoms with Crippen LogP contribution in [0.4, 0.5) is 0 Å². The Bertz CT molecular complexity index is 549. The molecular weight excluding hydrogens is 200 g/mol. The molecule has 1 aromatic heterocycles. The average Bonchev–Trinajstić information content (AvgIpc) is 2.74. The van der Waals surface area contributed by atoms with Crippen molar-refractivity contribution in [3.63, 3.8) is 0 Å². The van der Waals surface area contributed by atoms with Crippen LogP contribution in [-0.4, -0.2) is 14.7 Å². The second-order valence-electron chi connectivity index (χ2n) is 5.05. The van der Waals surface area contributed by atoms with E-state index in [1.165, 1.54) is 12.2 Å². The summed E-state index contributed by atoms with van der Waals surface area (Å²) in [6.07, 6.45) is 2.26. The quantitative estimate of drug-likeness (QED) is 0.793. The fourth-order valence-corrected chi connectivity index (χ4v) is 2.39. The SMILES string of the molecule is CC(C)(O)c1ccc2nc3n(c2c1)CCC3. The van der Waals surface area contributed by atoms with Gasteiger partial charge in [0.2, 0.25) is 0 Å². The lowest BCUT2D eigenvalue weighted by Crippen LogP contribution is -2.15. The van der Waals surface area contributed by atoms with E-state index in [0.717, 1.165) is 29.6 Å². The van der Waals surface area contributed by atoms with Crippen molar-refractivity contribution in [1.82, 2.24) is 9.55 Å². The number of nitrogens with zero attached hydrogens (tertiary/aromatic N) is 2. The Morgan fingerprint density at radius 2 is 2.19 bits per heavy atom. The standard InChI is InChI=1S/C13H16N2O/c1-13(2,16)9-5-6-10-11(8-9)15-7-3-4-12(15)14-10/h5-6,8,16H,3-4,7H2,1-2H3. The van der Waals surface area contributed by atoms with E-state index in [1.54, 1.807) is 0 Å². The van der Waals surface area contributed by atoms with Crippen LogP contribution < -0.4 is 0 Å².